The molecule has 0 aliphatic carbocycles. The number of carbonyl (C=O) groups is 2. The van der Waals surface area contributed by atoms with Gasteiger partial charge in [-0.25, -0.2) is 0 Å². The summed E-state index contributed by atoms with van der Waals surface area (Å²) in [7, 11) is 0. The van der Waals surface area contributed by atoms with Crippen molar-refractivity contribution in [2.45, 2.75) is 33.8 Å². The zero-order valence-electron chi connectivity index (χ0n) is 15.5. The van der Waals surface area contributed by atoms with E-state index in [1.165, 1.54) is 0 Å². The maximum Gasteiger partial charge on any atom is 0.319 e. The van der Waals surface area contributed by atoms with Crippen LogP contribution >= 0.6 is 0 Å². The molecule has 0 amide bonds. The monoisotopic (exact) mass is 346 g/mol. The Hall–Kier alpha value is -2.68. The van der Waals surface area contributed by atoms with Gasteiger partial charge in [0, 0.05) is 5.56 Å². The second-order valence-electron chi connectivity index (χ2n) is 8.19. The predicted octanol–water partition coefficient (Wildman–Crippen LogP) is 5.21. The summed E-state index contributed by atoms with van der Waals surface area (Å²) in [6, 6.07) is 18.2. The molecule has 26 heavy (non-hydrogen) atoms. The summed E-state index contributed by atoms with van der Waals surface area (Å²) in [6.07, 6.45) is -0.619. The van der Waals surface area contributed by atoms with Gasteiger partial charge < -0.3 is 4.74 Å². The predicted molar refractivity (Wildman–Crippen MR) is 103 cm³/mol. The first-order chi connectivity index (χ1) is 12.2. The summed E-state index contributed by atoms with van der Waals surface area (Å²) >= 11 is 0. The number of hydrogen-bond donors (Lipinski definition) is 0. The molecule has 1 atom stereocenters. The lowest BCUT2D eigenvalue weighted by molar-refractivity contribution is -0.186. The fourth-order valence-corrected chi connectivity index (χ4v) is 4.17. The fourth-order valence-electron chi connectivity index (χ4n) is 4.17. The molecule has 0 aromatic heterocycles. The van der Waals surface area contributed by atoms with Crippen LogP contribution in [0, 0.1) is 10.8 Å². The van der Waals surface area contributed by atoms with Crippen molar-refractivity contribution < 1.29 is 14.3 Å². The quantitative estimate of drug-likeness (QED) is 0.345. The molecule has 3 heteroatoms. The standard InChI is InChI=1S/C23H22O3/c1-22(2)19(26-21(25)23(3,4)20(22)24)18-16-11-7-5-9-14(16)13-15-10-6-8-12-17(15)18/h5-13,19H,1-4H3/t19-/m1/s1. The van der Waals surface area contributed by atoms with Gasteiger partial charge >= 0.3 is 5.97 Å². The number of ether oxygens (including phenoxy) is 1. The Bertz CT molecular complexity index is 1010. The van der Waals surface area contributed by atoms with Crippen LogP contribution in [0.3, 0.4) is 0 Å². The molecule has 3 aromatic carbocycles. The molecule has 0 bridgehead atoms. The van der Waals surface area contributed by atoms with E-state index in [-0.39, 0.29) is 5.78 Å². The maximum atomic E-state index is 13.1. The van der Waals surface area contributed by atoms with Crippen molar-refractivity contribution in [2.24, 2.45) is 10.8 Å². The molecule has 132 valence electrons. The molecular weight excluding hydrogens is 324 g/mol. The molecule has 1 saturated heterocycles. The number of hydrogen-bond acceptors (Lipinski definition) is 3. The molecule has 1 fully saturated rings. The minimum absolute atomic E-state index is 0.0803. The molecule has 0 N–H and O–H groups in total. The van der Waals surface area contributed by atoms with Gasteiger partial charge in [-0.15, -0.1) is 0 Å². The number of fused-ring (bicyclic) bond motifs is 2. The summed E-state index contributed by atoms with van der Waals surface area (Å²) < 4.78 is 5.93. The van der Waals surface area contributed by atoms with Gasteiger partial charge in [0.1, 0.15) is 11.5 Å². The van der Waals surface area contributed by atoms with Crippen molar-refractivity contribution in [2.75, 3.05) is 0 Å². The smallest absolute Gasteiger partial charge is 0.319 e. The summed E-state index contributed by atoms with van der Waals surface area (Å²) in [5, 5.41) is 4.19. The molecule has 3 nitrogen and oxygen atoms in total. The Morgan fingerprint density at radius 1 is 0.808 bits per heavy atom. The number of ketones is 1. The molecule has 0 saturated carbocycles. The number of esters is 1. The van der Waals surface area contributed by atoms with Crippen LogP contribution in [0.2, 0.25) is 0 Å². The SMILES string of the molecule is CC1(C)C(=O)O[C@H](c2c3ccccc3cc3ccccc23)C(C)(C)C1=O. The zero-order chi connectivity index (χ0) is 18.7. The van der Waals surface area contributed by atoms with Crippen molar-refractivity contribution in [1.82, 2.24) is 0 Å². The lowest BCUT2D eigenvalue weighted by Gasteiger charge is -2.43. The highest BCUT2D eigenvalue weighted by Crippen LogP contribution is 2.50. The van der Waals surface area contributed by atoms with Gasteiger partial charge in [0.2, 0.25) is 0 Å². The highest BCUT2D eigenvalue weighted by Gasteiger charge is 2.56. The average molecular weight is 346 g/mol. The van der Waals surface area contributed by atoms with Crippen LogP contribution < -0.4 is 0 Å². The molecule has 1 heterocycles. The third kappa shape index (κ3) is 2.20. The lowest BCUT2D eigenvalue weighted by atomic mass is 9.66. The minimum atomic E-state index is -1.12. The van der Waals surface area contributed by atoms with E-state index in [0.29, 0.717) is 0 Å². The molecule has 1 aliphatic rings. The van der Waals surface area contributed by atoms with Crippen molar-refractivity contribution >= 4 is 33.3 Å². The first kappa shape index (κ1) is 16.8. The van der Waals surface area contributed by atoms with Gasteiger partial charge in [-0.1, -0.05) is 48.5 Å². The van der Waals surface area contributed by atoms with Crippen molar-refractivity contribution in [3.8, 4) is 0 Å². The van der Waals surface area contributed by atoms with Crippen LogP contribution in [0.25, 0.3) is 21.5 Å². The number of rotatable bonds is 1. The third-order valence-corrected chi connectivity index (χ3v) is 5.62. The van der Waals surface area contributed by atoms with Crippen LogP contribution in [-0.4, -0.2) is 11.8 Å². The van der Waals surface area contributed by atoms with E-state index in [2.05, 4.69) is 18.2 Å². The Kier molecular flexibility index (Phi) is 3.49. The Labute approximate surface area is 153 Å². The normalized spacial score (nSPS) is 21.8. The van der Waals surface area contributed by atoms with Gasteiger partial charge in [-0.3, -0.25) is 9.59 Å². The third-order valence-electron chi connectivity index (χ3n) is 5.62. The lowest BCUT2D eigenvalue weighted by Crippen LogP contribution is -2.52. The largest absolute Gasteiger partial charge is 0.456 e. The molecule has 1 aliphatic heterocycles. The molecule has 3 aromatic rings. The second kappa shape index (κ2) is 5.41. The molecule has 0 spiro atoms. The number of carbonyl (C=O) groups excluding carboxylic acids is 2. The molecular formula is C23H22O3. The van der Waals surface area contributed by atoms with Crippen LogP contribution in [0.1, 0.15) is 39.4 Å². The van der Waals surface area contributed by atoms with E-state index in [1.54, 1.807) is 13.8 Å². The first-order valence-electron chi connectivity index (χ1n) is 8.91. The van der Waals surface area contributed by atoms with Crippen LogP contribution in [0.15, 0.2) is 54.6 Å². The maximum absolute atomic E-state index is 13.1. The fraction of sp³-hybridized carbons (Fsp3) is 0.304. The average Bonchev–Trinajstić information content (AvgIpc) is 2.62. The van der Waals surface area contributed by atoms with Gasteiger partial charge in [-0.2, -0.15) is 0 Å². The Balaban J connectivity index is 2.07. The summed E-state index contributed by atoms with van der Waals surface area (Å²) in [5.41, 5.74) is -1.02. The van der Waals surface area contributed by atoms with E-state index < -0.39 is 22.9 Å². The highest BCUT2D eigenvalue weighted by atomic mass is 16.5. The Morgan fingerprint density at radius 3 is 1.85 bits per heavy atom. The molecule has 0 radical (unpaired) electrons. The highest BCUT2D eigenvalue weighted by molar-refractivity contribution is 6.09. The second-order valence-corrected chi connectivity index (χ2v) is 8.19. The van der Waals surface area contributed by atoms with E-state index in [0.717, 1.165) is 27.1 Å². The van der Waals surface area contributed by atoms with Gasteiger partial charge in [-0.05, 0) is 55.3 Å². The number of Topliss-reactive ketones (excluding diaryl/α,β-unsaturated/α-hetero) is 1. The van der Waals surface area contributed by atoms with E-state index in [4.69, 9.17) is 4.74 Å². The number of cyclic esters (lactones) is 1. The summed E-state index contributed by atoms with van der Waals surface area (Å²) in [6.45, 7) is 7.06. The van der Waals surface area contributed by atoms with Crippen LogP contribution in [0.4, 0.5) is 0 Å². The van der Waals surface area contributed by atoms with Gasteiger partial charge in [0.05, 0.1) is 5.41 Å². The summed E-state index contributed by atoms with van der Waals surface area (Å²) in [5.74, 6) is -0.535. The van der Waals surface area contributed by atoms with E-state index >= 15 is 0 Å². The summed E-state index contributed by atoms with van der Waals surface area (Å²) in [4.78, 5) is 25.8. The van der Waals surface area contributed by atoms with E-state index in [1.807, 2.05) is 50.2 Å². The van der Waals surface area contributed by atoms with Crippen LogP contribution in [-0.2, 0) is 14.3 Å². The topological polar surface area (TPSA) is 43.4 Å². The van der Waals surface area contributed by atoms with Crippen molar-refractivity contribution in [3.05, 3.63) is 60.2 Å². The Morgan fingerprint density at radius 2 is 1.31 bits per heavy atom. The van der Waals surface area contributed by atoms with Crippen molar-refractivity contribution in [1.29, 1.82) is 0 Å². The van der Waals surface area contributed by atoms with Crippen molar-refractivity contribution in [3.63, 3.8) is 0 Å². The van der Waals surface area contributed by atoms with Crippen LogP contribution in [0.5, 0.6) is 0 Å². The number of benzene rings is 3. The molecule has 0 unspecified atom stereocenters. The van der Waals surface area contributed by atoms with E-state index in [9.17, 15) is 9.59 Å². The van der Waals surface area contributed by atoms with Gasteiger partial charge in [0.15, 0.2) is 5.78 Å². The molecule has 4 rings (SSSR count). The minimum Gasteiger partial charge on any atom is -0.456 e. The zero-order valence-corrected chi connectivity index (χ0v) is 15.5. The first-order valence-corrected chi connectivity index (χ1v) is 8.91. The van der Waals surface area contributed by atoms with Gasteiger partial charge in [0.25, 0.3) is 0 Å².